The Kier molecular flexibility index (Phi) is 14.0. The maximum atomic E-state index is 12.1. The smallest absolute Gasteiger partial charge is 0.334 e. The van der Waals surface area contributed by atoms with E-state index >= 15 is 0 Å². The largest absolute Gasteiger partial charge is 0.463 e. The number of allylic oxidation sites excluding steroid dienone is 2. The second-order valence-corrected chi connectivity index (χ2v) is 7.73. The molecule has 31 heavy (non-hydrogen) atoms. The molecule has 0 aliphatic heterocycles. The summed E-state index contributed by atoms with van der Waals surface area (Å²) in [6.45, 7) is 9.79. The van der Waals surface area contributed by atoms with Crippen molar-refractivity contribution in [3.8, 4) is 0 Å². The molecular weight excluding hydrogens is 392 g/mol. The van der Waals surface area contributed by atoms with Gasteiger partial charge in [0.2, 0.25) is 0 Å². The van der Waals surface area contributed by atoms with Gasteiger partial charge in [0.05, 0.1) is 19.8 Å². The average molecular weight is 431 g/mol. The highest BCUT2D eigenvalue weighted by molar-refractivity contribution is 5.96. The highest BCUT2D eigenvalue weighted by atomic mass is 16.5. The maximum absolute atomic E-state index is 12.1. The van der Waals surface area contributed by atoms with Crippen molar-refractivity contribution in [3.63, 3.8) is 0 Å². The Morgan fingerprint density at radius 1 is 1.03 bits per heavy atom. The topological polar surface area (TPSA) is 61.8 Å². The van der Waals surface area contributed by atoms with E-state index in [-0.39, 0.29) is 13.2 Å². The minimum Gasteiger partial charge on any atom is -0.463 e. The van der Waals surface area contributed by atoms with E-state index in [1.54, 1.807) is 13.8 Å². The van der Waals surface area contributed by atoms with Crippen molar-refractivity contribution in [1.82, 2.24) is 0 Å². The van der Waals surface area contributed by atoms with Crippen LogP contribution in [0.15, 0.2) is 53.6 Å². The van der Waals surface area contributed by atoms with Crippen LogP contribution in [0.1, 0.15) is 65.4 Å². The average Bonchev–Trinajstić information content (AvgIpc) is 2.74. The number of rotatable bonds is 15. The van der Waals surface area contributed by atoms with Crippen LogP contribution in [0.3, 0.4) is 0 Å². The van der Waals surface area contributed by atoms with Gasteiger partial charge in [0, 0.05) is 18.3 Å². The molecule has 0 spiro atoms. The lowest BCUT2D eigenvalue weighted by Crippen LogP contribution is -2.11. The van der Waals surface area contributed by atoms with Gasteiger partial charge >= 0.3 is 11.9 Å². The summed E-state index contributed by atoms with van der Waals surface area (Å²) in [7, 11) is 0. The summed E-state index contributed by atoms with van der Waals surface area (Å²) in [5.74, 6) is -0.444. The minimum absolute atomic E-state index is 0.278. The molecule has 0 saturated heterocycles. The molecule has 0 aliphatic rings. The summed E-state index contributed by atoms with van der Waals surface area (Å²) in [5.41, 5.74) is 2.85. The first-order valence-corrected chi connectivity index (χ1v) is 11.3. The summed E-state index contributed by atoms with van der Waals surface area (Å²) in [6.07, 6.45) is 7.75. The van der Waals surface area contributed by atoms with E-state index in [9.17, 15) is 9.59 Å². The molecule has 0 bridgehead atoms. The van der Waals surface area contributed by atoms with E-state index < -0.39 is 11.9 Å². The fourth-order valence-corrected chi connectivity index (χ4v) is 3.12. The third kappa shape index (κ3) is 12.8. The van der Waals surface area contributed by atoms with Gasteiger partial charge < -0.3 is 14.2 Å². The summed E-state index contributed by atoms with van der Waals surface area (Å²) >= 11 is 0. The zero-order valence-electron chi connectivity index (χ0n) is 19.5. The molecule has 0 radical (unpaired) electrons. The molecule has 1 unspecified atom stereocenters. The van der Waals surface area contributed by atoms with E-state index in [0.29, 0.717) is 30.9 Å². The van der Waals surface area contributed by atoms with E-state index in [1.807, 2.05) is 18.2 Å². The van der Waals surface area contributed by atoms with E-state index in [0.717, 1.165) is 25.9 Å². The van der Waals surface area contributed by atoms with Crippen LogP contribution in [-0.4, -0.2) is 31.8 Å². The van der Waals surface area contributed by atoms with Crippen molar-refractivity contribution < 1.29 is 23.8 Å². The van der Waals surface area contributed by atoms with Crippen molar-refractivity contribution >= 4 is 11.9 Å². The number of hydrogen-bond acceptors (Lipinski definition) is 5. The molecule has 1 atom stereocenters. The van der Waals surface area contributed by atoms with Crippen LogP contribution < -0.4 is 0 Å². The molecule has 1 rings (SSSR count). The first kappa shape index (κ1) is 26.6. The Morgan fingerprint density at radius 2 is 1.74 bits per heavy atom. The molecular formula is C26H38O5. The van der Waals surface area contributed by atoms with Crippen LogP contribution >= 0.6 is 0 Å². The summed E-state index contributed by atoms with van der Waals surface area (Å²) in [4.78, 5) is 23.7. The Hall–Kier alpha value is -2.40. The monoisotopic (exact) mass is 430 g/mol. The molecule has 0 saturated carbocycles. The molecule has 5 nitrogen and oxygen atoms in total. The zero-order chi connectivity index (χ0) is 22.9. The van der Waals surface area contributed by atoms with Gasteiger partial charge in [0.15, 0.2) is 0 Å². The molecule has 0 aliphatic carbocycles. The summed E-state index contributed by atoms with van der Waals surface area (Å²) < 4.78 is 15.8. The molecule has 5 heteroatoms. The standard InChI is InChI=1S/C26H38O5/c1-5-30-25(27)18-24(26(28)31-6-2)17-11-13-21(3)12-10-14-22(4)19-29-20-23-15-8-7-9-16-23/h7-9,13,15-16,18,22H,5-6,10-12,14,17,19-20H2,1-4H3/b21-13+,24-18+. The van der Waals surface area contributed by atoms with Gasteiger partial charge in [-0.1, -0.05) is 48.9 Å². The fourth-order valence-electron chi connectivity index (χ4n) is 3.12. The SMILES string of the molecule is CCOC(=O)/C=C(\CC/C=C(\C)CCCC(C)COCc1ccccc1)C(=O)OCC. The third-order valence-electron chi connectivity index (χ3n) is 4.80. The highest BCUT2D eigenvalue weighted by Gasteiger charge is 2.12. The van der Waals surface area contributed by atoms with Gasteiger partial charge in [-0.05, 0) is 64.4 Å². The highest BCUT2D eigenvalue weighted by Crippen LogP contribution is 2.16. The molecule has 0 amide bonds. The van der Waals surface area contributed by atoms with Crippen molar-refractivity contribution in [3.05, 3.63) is 59.2 Å². The second-order valence-electron chi connectivity index (χ2n) is 7.73. The van der Waals surface area contributed by atoms with Crippen molar-refractivity contribution in [2.45, 2.75) is 66.4 Å². The molecule has 0 N–H and O–H groups in total. The number of ether oxygens (including phenoxy) is 3. The van der Waals surface area contributed by atoms with Crippen LogP contribution in [0.2, 0.25) is 0 Å². The van der Waals surface area contributed by atoms with E-state index in [2.05, 4.69) is 32.1 Å². The van der Waals surface area contributed by atoms with Crippen molar-refractivity contribution in [2.75, 3.05) is 19.8 Å². The van der Waals surface area contributed by atoms with E-state index in [1.165, 1.54) is 17.2 Å². The molecule has 0 fully saturated rings. The van der Waals surface area contributed by atoms with Crippen LogP contribution in [0, 0.1) is 5.92 Å². The normalized spacial score (nSPS) is 13.0. The number of carbonyl (C=O) groups excluding carboxylic acids is 2. The van der Waals surface area contributed by atoms with Crippen LogP contribution in [0.4, 0.5) is 0 Å². The lowest BCUT2D eigenvalue weighted by molar-refractivity contribution is -0.141. The van der Waals surface area contributed by atoms with Gasteiger partial charge in [-0.3, -0.25) is 0 Å². The van der Waals surface area contributed by atoms with E-state index in [4.69, 9.17) is 14.2 Å². The number of benzene rings is 1. The lowest BCUT2D eigenvalue weighted by Gasteiger charge is -2.12. The Balaban J connectivity index is 2.33. The number of esters is 2. The predicted octanol–water partition coefficient (Wildman–Crippen LogP) is 5.79. The molecule has 1 aromatic rings. The van der Waals surface area contributed by atoms with Gasteiger partial charge in [-0.25, -0.2) is 9.59 Å². The van der Waals surface area contributed by atoms with Crippen LogP contribution in [0.25, 0.3) is 0 Å². The fraction of sp³-hybridized carbons (Fsp3) is 0.538. The molecule has 172 valence electrons. The second kappa shape index (κ2) is 16.3. The molecule has 0 aromatic heterocycles. The third-order valence-corrected chi connectivity index (χ3v) is 4.80. The Morgan fingerprint density at radius 3 is 2.42 bits per heavy atom. The summed E-state index contributed by atoms with van der Waals surface area (Å²) in [6, 6.07) is 10.2. The maximum Gasteiger partial charge on any atom is 0.334 e. The quantitative estimate of drug-likeness (QED) is 0.200. The Labute approximate surface area is 187 Å². The van der Waals surface area contributed by atoms with Gasteiger partial charge in [0.1, 0.15) is 0 Å². The lowest BCUT2D eigenvalue weighted by atomic mass is 10.0. The first-order chi connectivity index (χ1) is 15.0. The van der Waals surface area contributed by atoms with Gasteiger partial charge in [-0.2, -0.15) is 0 Å². The zero-order valence-corrected chi connectivity index (χ0v) is 19.5. The van der Waals surface area contributed by atoms with Crippen LogP contribution in [-0.2, 0) is 30.4 Å². The first-order valence-electron chi connectivity index (χ1n) is 11.3. The molecule has 0 heterocycles. The van der Waals surface area contributed by atoms with Gasteiger partial charge in [0.25, 0.3) is 0 Å². The van der Waals surface area contributed by atoms with Crippen molar-refractivity contribution in [2.24, 2.45) is 5.92 Å². The number of hydrogen-bond donors (Lipinski definition) is 0. The Bertz CT molecular complexity index is 706. The minimum atomic E-state index is -0.505. The van der Waals surface area contributed by atoms with Gasteiger partial charge in [-0.15, -0.1) is 0 Å². The molecule has 1 aromatic carbocycles. The van der Waals surface area contributed by atoms with Crippen molar-refractivity contribution in [1.29, 1.82) is 0 Å². The predicted molar refractivity (Wildman–Crippen MR) is 123 cm³/mol. The number of carbonyl (C=O) groups is 2. The summed E-state index contributed by atoms with van der Waals surface area (Å²) in [5, 5.41) is 0. The van der Waals surface area contributed by atoms with Crippen LogP contribution in [0.5, 0.6) is 0 Å².